The van der Waals surface area contributed by atoms with Crippen molar-refractivity contribution < 1.29 is 14.3 Å². The predicted molar refractivity (Wildman–Crippen MR) is 139 cm³/mol. The minimum absolute atomic E-state index is 0.0331. The number of rotatable bonds is 9. The van der Waals surface area contributed by atoms with Crippen LogP contribution in [0.15, 0.2) is 64.2 Å². The summed E-state index contributed by atoms with van der Waals surface area (Å²) in [6, 6.07) is 12.9. The Morgan fingerprint density at radius 3 is 2.63 bits per heavy atom. The molecule has 0 N–H and O–H groups in total. The molecule has 0 bridgehead atoms. The second kappa shape index (κ2) is 11.4. The molecule has 0 aliphatic heterocycles. The number of ether oxygens (including phenoxy) is 2. The maximum Gasteiger partial charge on any atom is 0.262 e. The number of benzene rings is 2. The van der Waals surface area contributed by atoms with E-state index in [0.717, 1.165) is 30.5 Å². The van der Waals surface area contributed by atoms with Gasteiger partial charge in [-0.15, -0.1) is 0 Å². The van der Waals surface area contributed by atoms with Gasteiger partial charge in [-0.2, -0.15) is 0 Å². The van der Waals surface area contributed by atoms with Gasteiger partial charge in [0.05, 0.1) is 37.4 Å². The smallest absolute Gasteiger partial charge is 0.262 e. The third kappa shape index (κ3) is 5.53. The number of allylic oxidation sites excluding steroid dienone is 2. The van der Waals surface area contributed by atoms with Crippen molar-refractivity contribution in [2.75, 3.05) is 26.5 Å². The van der Waals surface area contributed by atoms with Crippen LogP contribution in [0, 0.1) is 0 Å². The zero-order valence-electron chi connectivity index (χ0n) is 20.5. The Labute approximate surface area is 209 Å². The van der Waals surface area contributed by atoms with E-state index in [-0.39, 0.29) is 17.2 Å². The van der Waals surface area contributed by atoms with Gasteiger partial charge in [0.25, 0.3) is 5.56 Å². The van der Waals surface area contributed by atoms with Crippen LogP contribution in [0.25, 0.3) is 10.9 Å². The van der Waals surface area contributed by atoms with Crippen molar-refractivity contribution in [3.8, 4) is 11.5 Å². The molecule has 8 heteroatoms. The van der Waals surface area contributed by atoms with Gasteiger partial charge in [0.1, 0.15) is 0 Å². The number of carbonyl (C=O) groups excluding carboxylic acids is 1. The van der Waals surface area contributed by atoms with E-state index < -0.39 is 0 Å². The number of nitrogens with zero attached hydrogens (tertiary/aromatic N) is 3. The third-order valence-corrected chi connectivity index (χ3v) is 7.13. The van der Waals surface area contributed by atoms with Gasteiger partial charge in [0.15, 0.2) is 16.7 Å². The van der Waals surface area contributed by atoms with Gasteiger partial charge in [-0.1, -0.05) is 36.0 Å². The molecule has 1 aromatic heterocycles. The van der Waals surface area contributed by atoms with Crippen LogP contribution in [0.3, 0.4) is 0 Å². The normalized spacial score (nSPS) is 13.4. The summed E-state index contributed by atoms with van der Waals surface area (Å²) in [5.41, 5.74) is 2.47. The average Bonchev–Trinajstić information content (AvgIpc) is 2.90. The van der Waals surface area contributed by atoms with Crippen molar-refractivity contribution in [1.82, 2.24) is 14.5 Å². The first-order valence-corrected chi connectivity index (χ1v) is 12.9. The van der Waals surface area contributed by atoms with E-state index in [0.29, 0.717) is 40.6 Å². The van der Waals surface area contributed by atoms with E-state index in [1.165, 1.54) is 18.2 Å². The summed E-state index contributed by atoms with van der Waals surface area (Å²) in [6.45, 7) is 2.93. The number of amides is 1. The summed E-state index contributed by atoms with van der Waals surface area (Å²) in [6.07, 6.45) is 6.41. The van der Waals surface area contributed by atoms with Gasteiger partial charge in [0.2, 0.25) is 5.91 Å². The van der Waals surface area contributed by atoms with E-state index in [4.69, 9.17) is 14.5 Å². The van der Waals surface area contributed by atoms with Crippen molar-refractivity contribution in [1.29, 1.82) is 0 Å². The highest BCUT2D eigenvalue weighted by Gasteiger charge is 2.20. The zero-order valence-corrected chi connectivity index (χ0v) is 21.3. The SMILES string of the molecule is CCN(C(=O)CSc1nc2ccccc2c(=O)n1Cc1ccc(OC)c(OC)c1)C1=CCCCC1. The predicted octanol–water partition coefficient (Wildman–Crippen LogP) is 4.86. The Kier molecular flexibility index (Phi) is 8.13. The zero-order chi connectivity index (χ0) is 24.8. The van der Waals surface area contributed by atoms with Crippen molar-refractivity contribution in [2.24, 2.45) is 0 Å². The van der Waals surface area contributed by atoms with Crippen LogP contribution in [0.4, 0.5) is 0 Å². The average molecular weight is 494 g/mol. The minimum Gasteiger partial charge on any atom is -0.493 e. The van der Waals surface area contributed by atoms with Crippen molar-refractivity contribution in [3.05, 3.63) is 70.2 Å². The summed E-state index contributed by atoms with van der Waals surface area (Å²) in [5, 5.41) is 1.07. The number of fused-ring (bicyclic) bond motifs is 1. The summed E-state index contributed by atoms with van der Waals surface area (Å²) < 4.78 is 12.4. The Bertz CT molecular complexity index is 1300. The van der Waals surface area contributed by atoms with Crippen molar-refractivity contribution in [2.45, 2.75) is 44.3 Å². The second-order valence-electron chi connectivity index (χ2n) is 8.36. The molecule has 0 saturated carbocycles. The number of carbonyl (C=O) groups is 1. The molecule has 7 nitrogen and oxygen atoms in total. The lowest BCUT2D eigenvalue weighted by atomic mass is 10.0. The summed E-state index contributed by atoms with van der Waals surface area (Å²) >= 11 is 1.31. The molecule has 0 fully saturated rings. The molecule has 1 heterocycles. The van der Waals surface area contributed by atoms with Crippen LogP contribution in [0.2, 0.25) is 0 Å². The first kappa shape index (κ1) is 24.9. The van der Waals surface area contributed by atoms with Gasteiger partial charge in [0, 0.05) is 12.2 Å². The summed E-state index contributed by atoms with van der Waals surface area (Å²) in [5.74, 6) is 1.46. The Hall–Kier alpha value is -3.26. The topological polar surface area (TPSA) is 73.7 Å². The van der Waals surface area contributed by atoms with E-state index >= 15 is 0 Å². The fourth-order valence-corrected chi connectivity index (χ4v) is 5.24. The summed E-state index contributed by atoms with van der Waals surface area (Å²) in [4.78, 5) is 33.2. The number of methoxy groups -OCH3 is 2. The van der Waals surface area contributed by atoms with E-state index in [2.05, 4.69) is 6.08 Å². The quantitative estimate of drug-likeness (QED) is 0.313. The molecule has 0 radical (unpaired) electrons. The first-order chi connectivity index (χ1) is 17.0. The monoisotopic (exact) mass is 493 g/mol. The molecule has 1 amide bonds. The largest absolute Gasteiger partial charge is 0.493 e. The van der Waals surface area contributed by atoms with Crippen LogP contribution >= 0.6 is 11.8 Å². The van der Waals surface area contributed by atoms with Crippen molar-refractivity contribution in [3.63, 3.8) is 0 Å². The minimum atomic E-state index is -0.136. The molecule has 2 aromatic carbocycles. The molecule has 35 heavy (non-hydrogen) atoms. The van der Waals surface area contributed by atoms with Gasteiger partial charge >= 0.3 is 0 Å². The van der Waals surface area contributed by atoms with E-state index in [9.17, 15) is 9.59 Å². The maximum atomic E-state index is 13.5. The highest BCUT2D eigenvalue weighted by Crippen LogP contribution is 2.29. The molecule has 0 spiro atoms. The summed E-state index contributed by atoms with van der Waals surface area (Å²) in [7, 11) is 3.17. The van der Waals surface area contributed by atoms with Crippen molar-refractivity contribution >= 4 is 28.6 Å². The number of aromatic nitrogens is 2. The van der Waals surface area contributed by atoms with Crippen LogP contribution in [0.5, 0.6) is 11.5 Å². The van der Waals surface area contributed by atoms with Gasteiger partial charge < -0.3 is 14.4 Å². The van der Waals surface area contributed by atoms with Crippen LogP contribution < -0.4 is 15.0 Å². The number of thioether (sulfide) groups is 1. The van der Waals surface area contributed by atoms with Crippen LogP contribution in [-0.4, -0.2) is 46.9 Å². The van der Waals surface area contributed by atoms with Crippen LogP contribution in [0.1, 0.15) is 38.2 Å². The first-order valence-electron chi connectivity index (χ1n) is 11.9. The molecule has 3 aromatic rings. The lowest BCUT2D eigenvalue weighted by Gasteiger charge is -2.26. The lowest BCUT2D eigenvalue weighted by Crippen LogP contribution is -2.32. The molecule has 0 atom stereocenters. The Morgan fingerprint density at radius 2 is 1.91 bits per heavy atom. The van der Waals surface area contributed by atoms with Gasteiger partial charge in [-0.05, 0) is 62.4 Å². The van der Waals surface area contributed by atoms with Gasteiger partial charge in [-0.25, -0.2) is 4.98 Å². The fourth-order valence-electron chi connectivity index (χ4n) is 4.37. The fraction of sp³-hybridized carbons (Fsp3) is 0.370. The number of hydrogen-bond donors (Lipinski definition) is 0. The number of para-hydroxylation sites is 1. The maximum absolute atomic E-state index is 13.5. The molecular weight excluding hydrogens is 462 g/mol. The molecule has 1 aliphatic carbocycles. The molecule has 0 saturated heterocycles. The number of hydrogen-bond acceptors (Lipinski definition) is 6. The highest BCUT2D eigenvalue weighted by molar-refractivity contribution is 7.99. The van der Waals surface area contributed by atoms with E-state index in [1.807, 2.05) is 48.2 Å². The second-order valence-corrected chi connectivity index (χ2v) is 9.30. The molecular formula is C27H31N3O4S. The van der Waals surface area contributed by atoms with Gasteiger partial charge in [-0.3, -0.25) is 14.2 Å². The molecule has 4 rings (SSSR count). The molecule has 1 aliphatic rings. The lowest BCUT2D eigenvalue weighted by molar-refractivity contribution is -0.126. The van der Waals surface area contributed by atoms with Crippen LogP contribution in [-0.2, 0) is 11.3 Å². The van der Waals surface area contributed by atoms with E-state index in [1.54, 1.807) is 24.9 Å². The Morgan fingerprint density at radius 1 is 1.11 bits per heavy atom. The molecule has 0 unspecified atom stereocenters. The molecule has 184 valence electrons. The highest BCUT2D eigenvalue weighted by atomic mass is 32.2. The standard InChI is InChI=1S/C27H31N3O4S/c1-4-29(20-10-6-5-7-11-20)25(31)18-35-27-28-22-13-9-8-12-21(22)26(32)30(27)17-19-14-15-23(33-2)24(16-19)34-3/h8-10,12-16H,4-7,11,17-18H2,1-3H3. The Balaban J connectivity index is 1.65. The third-order valence-electron chi connectivity index (χ3n) is 6.17.